The average Bonchev–Trinajstić information content (AvgIpc) is 2.29. The monoisotopic (exact) mass is 214 g/mol. The van der Waals surface area contributed by atoms with E-state index in [9.17, 15) is 0 Å². The van der Waals surface area contributed by atoms with Gasteiger partial charge in [0.1, 0.15) is 0 Å². The average molecular weight is 214 g/mol. The van der Waals surface area contributed by atoms with Crippen LogP contribution >= 0.6 is 7.92 Å². The fourth-order valence-electron chi connectivity index (χ4n) is 1.31. The molecule has 76 valence electrons. The van der Waals surface area contributed by atoms with Gasteiger partial charge in [-0.15, -0.1) is 6.42 Å². The summed E-state index contributed by atoms with van der Waals surface area (Å²) < 4.78 is 0. The Kier molecular flexibility index (Phi) is 4.88. The van der Waals surface area contributed by atoms with Crippen LogP contribution in [0.1, 0.15) is 6.92 Å². The van der Waals surface area contributed by atoms with Crippen LogP contribution in [-0.2, 0) is 0 Å². The normalized spacial score (nSPS) is 13.8. The molecule has 1 rings (SSSR count). The smallest absolute Gasteiger partial charge is 0.00414 e. The van der Waals surface area contributed by atoms with Crippen molar-refractivity contribution in [2.45, 2.75) is 6.92 Å². The number of benzene rings is 1. The van der Waals surface area contributed by atoms with Gasteiger partial charge in [-0.2, -0.15) is 0 Å². The van der Waals surface area contributed by atoms with Gasteiger partial charge in [-0.05, 0) is 38.2 Å². The van der Waals surface area contributed by atoms with Crippen molar-refractivity contribution in [1.29, 1.82) is 0 Å². The molecule has 0 aliphatic rings. The summed E-state index contributed by atoms with van der Waals surface area (Å²) in [6, 6.07) is 10.5. The van der Waals surface area contributed by atoms with Crippen molar-refractivity contribution in [2.24, 2.45) is 0 Å². The summed E-state index contributed by atoms with van der Waals surface area (Å²) in [5.41, 5.74) is 0. The van der Waals surface area contributed by atoms with Gasteiger partial charge in [0.05, 0.1) is 0 Å². The van der Waals surface area contributed by atoms with Crippen molar-refractivity contribution in [2.75, 3.05) is 6.66 Å². The van der Waals surface area contributed by atoms with E-state index in [4.69, 9.17) is 6.42 Å². The lowest BCUT2D eigenvalue weighted by molar-refractivity contribution is 1.70. The second-order valence-electron chi connectivity index (χ2n) is 3.13. The number of rotatable bonds is 3. The van der Waals surface area contributed by atoms with E-state index in [-0.39, 0.29) is 7.92 Å². The molecule has 0 aromatic heterocycles. The van der Waals surface area contributed by atoms with E-state index in [0.29, 0.717) is 0 Å². The van der Waals surface area contributed by atoms with Crippen LogP contribution in [0.5, 0.6) is 0 Å². The Hall–Kier alpha value is -1.31. The third-order valence-corrected chi connectivity index (χ3v) is 4.22. The zero-order chi connectivity index (χ0) is 11.1. The molecule has 0 nitrogen and oxygen atoms in total. The molecular formula is C14H15P. The lowest BCUT2D eigenvalue weighted by Gasteiger charge is -2.12. The zero-order valence-corrected chi connectivity index (χ0v) is 10.0. The molecule has 0 amide bonds. The minimum atomic E-state index is -0.319. The first kappa shape index (κ1) is 11.8. The fourth-order valence-corrected chi connectivity index (χ4v) is 2.87. The van der Waals surface area contributed by atoms with Crippen molar-refractivity contribution in [3.05, 3.63) is 53.9 Å². The van der Waals surface area contributed by atoms with Gasteiger partial charge >= 0.3 is 0 Å². The maximum absolute atomic E-state index is 5.33. The van der Waals surface area contributed by atoms with Crippen molar-refractivity contribution in [3.63, 3.8) is 0 Å². The summed E-state index contributed by atoms with van der Waals surface area (Å²) in [5, 5.41) is 2.59. The molecular weight excluding hydrogens is 199 g/mol. The molecule has 1 aromatic rings. The second kappa shape index (κ2) is 6.23. The Bertz CT molecular complexity index is 393. The highest BCUT2D eigenvalue weighted by Crippen LogP contribution is 2.40. The fraction of sp³-hybridized carbons (Fsp3) is 0.143. The van der Waals surface area contributed by atoms with E-state index in [2.05, 4.69) is 42.9 Å². The highest BCUT2D eigenvalue weighted by atomic mass is 31.1. The van der Waals surface area contributed by atoms with E-state index in [1.807, 2.05) is 25.1 Å². The lowest BCUT2D eigenvalue weighted by atomic mass is 10.4. The minimum absolute atomic E-state index is 0.319. The van der Waals surface area contributed by atoms with Crippen LogP contribution in [0, 0.1) is 12.3 Å². The molecule has 1 heteroatoms. The number of allylic oxidation sites excluding steroid dienone is 4. The first-order valence-corrected chi connectivity index (χ1v) is 6.66. The maximum Gasteiger partial charge on any atom is -0.00414 e. The molecule has 0 radical (unpaired) electrons. The summed E-state index contributed by atoms with van der Waals surface area (Å²) in [7, 11) is -0.319. The van der Waals surface area contributed by atoms with Crippen molar-refractivity contribution in [1.82, 2.24) is 0 Å². The predicted octanol–water partition coefficient (Wildman–Crippen LogP) is 3.52. The Morgan fingerprint density at radius 2 is 2.00 bits per heavy atom. The summed E-state index contributed by atoms with van der Waals surface area (Å²) in [5.74, 6) is 2.61. The number of hydrogen-bond donors (Lipinski definition) is 0. The summed E-state index contributed by atoms with van der Waals surface area (Å²) in [6.45, 7) is 4.24. The highest BCUT2D eigenvalue weighted by molar-refractivity contribution is 7.69. The van der Waals surface area contributed by atoms with Crippen LogP contribution in [0.4, 0.5) is 0 Å². The number of terminal acetylenes is 1. The van der Waals surface area contributed by atoms with E-state index < -0.39 is 0 Å². The van der Waals surface area contributed by atoms with E-state index in [1.54, 1.807) is 0 Å². The topological polar surface area (TPSA) is 0 Å². The molecule has 0 aliphatic carbocycles. The molecule has 0 heterocycles. The molecule has 0 saturated carbocycles. The van der Waals surface area contributed by atoms with E-state index in [1.165, 1.54) is 10.6 Å². The molecule has 1 aromatic carbocycles. The van der Waals surface area contributed by atoms with E-state index in [0.717, 1.165) is 0 Å². The molecule has 0 N–H and O–H groups in total. The van der Waals surface area contributed by atoms with Crippen molar-refractivity contribution >= 4 is 13.2 Å². The Morgan fingerprint density at radius 3 is 2.53 bits per heavy atom. The van der Waals surface area contributed by atoms with Crippen LogP contribution in [0.25, 0.3) is 0 Å². The van der Waals surface area contributed by atoms with Crippen LogP contribution < -0.4 is 5.30 Å². The minimum Gasteiger partial charge on any atom is -0.115 e. The summed E-state index contributed by atoms with van der Waals surface area (Å²) in [4.78, 5) is 0. The van der Waals surface area contributed by atoms with Crippen LogP contribution in [0.2, 0.25) is 0 Å². The standard InChI is InChI=1S/C14H15P/c1-4-9-13(10-5-2)15(3)14-11-7-6-8-12-14/h1,5-12H,2-3H3/b10-5-,13-9+. The summed E-state index contributed by atoms with van der Waals surface area (Å²) in [6.07, 6.45) is 11.3. The van der Waals surface area contributed by atoms with Gasteiger partial charge in [-0.1, -0.05) is 48.4 Å². The third kappa shape index (κ3) is 3.39. The Labute approximate surface area is 93.5 Å². The SMILES string of the molecule is C#C/C=C(\C=C/C)P(C)c1ccccc1. The maximum atomic E-state index is 5.33. The Morgan fingerprint density at radius 1 is 1.33 bits per heavy atom. The largest absolute Gasteiger partial charge is 0.115 e. The Balaban J connectivity index is 2.97. The highest BCUT2D eigenvalue weighted by Gasteiger charge is 2.06. The third-order valence-electron chi connectivity index (χ3n) is 2.10. The quantitative estimate of drug-likeness (QED) is 0.410. The number of hydrogen-bond acceptors (Lipinski definition) is 0. The van der Waals surface area contributed by atoms with Gasteiger partial charge < -0.3 is 0 Å². The second-order valence-corrected chi connectivity index (χ2v) is 5.28. The van der Waals surface area contributed by atoms with Gasteiger partial charge in [-0.3, -0.25) is 0 Å². The van der Waals surface area contributed by atoms with Gasteiger partial charge in [0, 0.05) is 0 Å². The summed E-state index contributed by atoms with van der Waals surface area (Å²) >= 11 is 0. The molecule has 15 heavy (non-hydrogen) atoms. The van der Waals surface area contributed by atoms with Gasteiger partial charge in [0.15, 0.2) is 0 Å². The molecule has 0 bridgehead atoms. The molecule has 1 atom stereocenters. The van der Waals surface area contributed by atoms with Gasteiger partial charge in [0.25, 0.3) is 0 Å². The van der Waals surface area contributed by atoms with Crippen LogP contribution in [0.15, 0.2) is 53.9 Å². The van der Waals surface area contributed by atoms with Crippen LogP contribution in [-0.4, -0.2) is 6.66 Å². The first-order chi connectivity index (χ1) is 7.29. The molecule has 0 spiro atoms. The van der Waals surface area contributed by atoms with Gasteiger partial charge in [0.2, 0.25) is 0 Å². The van der Waals surface area contributed by atoms with Crippen molar-refractivity contribution < 1.29 is 0 Å². The first-order valence-electron chi connectivity index (χ1n) is 4.87. The lowest BCUT2D eigenvalue weighted by Crippen LogP contribution is -1.99. The molecule has 0 fully saturated rings. The predicted molar refractivity (Wildman–Crippen MR) is 70.7 cm³/mol. The van der Waals surface area contributed by atoms with Gasteiger partial charge in [-0.25, -0.2) is 0 Å². The van der Waals surface area contributed by atoms with Crippen LogP contribution in [0.3, 0.4) is 0 Å². The molecule has 0 aliphatic heterocycles. The molecule has 0 saturated heterocycles. The van der Waals surface area contributed by atoms with Crippen molar-refractivity contribution in [3.8, 4) is 12.3 Å². The molecule has 1 unspecified atom stereocenters. The van der Waals surface area contributed by atoms with E-state index >= 15 is 0 Å². The zero-order valence-electron chi connectivity index (χ0n) is 9.14.